The molecular formula is C13H9BrFNO3. The van der Waals surface area contributed by atoms with Gasteiger partial charge in [-0.15, -0.1) is 0 Å². The Balaban J connectivity index is 2.00. The Bertz CT molecular complexity index is 635. The number of hydrogen-bond acceptors (Lipinski definition) is 4. The number of fused-ring (bicyclic) bond motifs is 1. The van der Waals surface area contributed by atoms with E-state index in [0.29, 0.717) is 27.1 Å². The summed E-state index contributed by atoms with van der Waals surface area (Å²) in [6.45, 7) is 0.148. The van der Waals surface area contributed by atoms with E-state index in [9.17, 15) is 9.50 Å². The Morgan fingerprint density at radius 2 is 2.05 bits per heavy atom. The number of halogens is 2. The van der Waals surface area contributed by atoms with Crippen LogP contribution in [0.4, 0.5) is 4.39 Å². The number of benzene rings is 1. The highest BCUT2D eigenvalue weighted by atomic mass is 79.9. The second-order valence-electron chi connectivity index (χ2n) is 4.08. The Labute approximate surface area is 116 Å². The average Bonchev–Trinajstić information content (AvgIpc) is 2.86. The van der Waals surface area contributed by atoms with Gasteiger partial charge in [0.05, 0.1) is 10.7 Å². The van der Waals surface area contributed by atoms with Crippen molar-refractivity contribution in [1.82, 2.24) is 4.98 Å². The van der Waals surface area contributed by atoms with Gasteiger partial charge < -0.3 is 14.6 Å². The summed E-state index contributed by atoms with van der Waals surface area (Å²) in [6, 6.07) is 4.63. The van der Waals surface area contributed by atoms with E-state index in [1.807, 2.05) is 0 Å². The smallest absolute Gasteiger partial charge is 0.231 e. The molecule has 1 aromatic heterocycles. The van der Waals surface area contributed by atoms with E-state index in [1.165, 1.54) is 12.3 Å². The van der Waals surface area contributed by atoms with Crippen molar-refractivity contribution in [3.8, 4) is 11.5 Å². The number of aliphatic hydroxyl groups is 1. The molecule has 1 N–H and O–H groups in total. The van der Waals surface area contributed by atoms with Gasteiger partial charge in [-0.3, -0.25) is 4.98 Å². The lowest BCUT2D eigenvalue weighted by molar-refractivity contribution is 0.173. The molecule has 0 radical (unpaired) electrons. The van der Waals surface area contributed by atoms with E-state index in [2.05, 4.69) is 20.9 Å². The summed E-state index contributed by atoms with van der Waals surface area (Å²) in [5.74, 6) is 0.664. The second kappa shape index (κ2) is 4.79. The van der Waals surface area contributed by atoms with Gasteiger partial charge in [0.25, 0.3) is 0 Å². The Hall–Kier alpha value is -1.66. The summed E-state index contributed by atoms with van der Waals surface area (Å²) in [6.07, 6.45) is 1.53. The van der Waals surface area contributed by atoms with Gasteiger partial charge >= 0.3 is 0 Å². The summed E-state index contributed by atoms with van der Waals surface area (Å²) >= 11 is 3.35. The molecule has 1 aliphatic heterocycles. The minimum absolute atomic E-state index is 0.148. The van der Waals surface area contributed by atoms with Crippen LogP contribution in [0.5, 0.6) is 11.5 Å². The lowest BCUT2D eigenvalue weighted by atomic mass is 10.0. The van der Waals surface area contributed by atoms with Crippen LogP contribution in [-0.2, 0) is 0 Å². The summed E-state index contributed by atoms with van der Waals surface area (Å²) in [5.41, 5.74) is 0.953. The maximum Gasteiger partial charge on any atom is 0.231 e. The number of rotatable bonds is 2. The van der Waals surface area contributed by atoms with Gasteiger partial charge in [0.15, 0.2) is 11.5 Å². The van der Waals surface area contributed by atoms with E-state index in [0.717, 1.165) is 6.20 Å². The van der Waals surface area contributed by atoms with Gasteiger partial charge in [-0.2, -0.15) is 0 Å². The summed E-state index contributed by atoms with van der Waals surface area (Å²) in [7, 11) is 0. The number of ether oxygens (including phenoxy) is 2. The first kappa shape index (κ1) is 12.4. The highest BCUT2D eigenvalue weighted by molar-refractivity contribution is 9.10. The fourth-order valence-corrected chi connectivity index (χ4v) is 2.49. The lowest BCUT2D eigenvalue weighted by Crippen LogP contribution is -2.01. The molecule has 0 bridgehead atoms. The third-order valence-electron chi connectivity index (χ3n) is 2.81. The van der Waals surface area contributed by atoms with Gasteiger partial charge in [0.2, 0.25) is 6.79 Å². The molecule has 0 fully saturated rings. The number of hydrogen-bond donors (Lipinski definition) is 1. The lowest BCUT2D eigenvalue weighted by Gasteiger charge is -2.12. The Morgan fingerprint density at radius 3 is 2.84 bits per heavy atom. The maximum atomic E-state index is 13.1. The molecule has 6 heteroatoms. The molecule has 0 amide bonds. The molecule has 3 rings (SSSR count). The van der Waals surface area contributed by atoms with Crippen LogP contribution in [0, 0.1) is 5.82 Å². The first-order chi connectivity index (χ1) is 9.15. The van der Waals surface area contributed by atoms with Crippen LogP contribution in [0.15, 0.2) is 35.1 Å². The zero-order valence-electron chi connectivity index (χ0n) is 9.64. The van der Waals surface area contributed by atoms with Crippen LogP contribution < -0.4 is 9.47 Å². The van der Waals surface area contributed by atoms with Gasteiger partial charge in [-0.1, -0.05) is 0 Å². The van der Waals surface area contributed by atoms with Crippen LogP contribution in [0.3, 0.4) is 0 Å². The third kappa shape index (κ3) is 2.29. The molecule has 1 aliphatic rings. The van der Waals surface area contributed by atoms with E-state index in [1.54, 1.807) is 12.1 Å². The van der Waals surface area contributed by atoms with E-state index < -0.39 is 11.9 Å². The normalized spacial score (nSPS) is 14.5. The molecule has 0 saturated carbocycles. The standard InChI is InChI=1S/C13H9BrFNO3/c14-10-2-7(3-11-13(10)19-6-18-11)12(17)8-1-9(15)5-16-4-8/h1-5,12,17H,6H2. The fourth-order valence-electron chi connectivity index (χ4n) is 1.92. The van der Waals surface area contributed by atoms with Crippen molar-refractivity contribution >= 4 is 15.9 Å². The van der Waals surface area contributed by atoms with Crippen molar-refractivity contribution in [2.45, 2.75) is 6.10 Å². The Kier molecular flexibility index (Phi) is 3.12. The van der Waals surface area contributed by atoms with Crippen molar-refractivity contribution in [2.75, 3.05) is 6.79 Å². The minimum Gasteiger partial charge on any atom is -0.454 e. The number of aromatic nitrogens is 1. The quantitative estimate of drug-likeness (QED) is 0.922. The Morgan fingerprint density at radius 1 is 1.21 bits per heavy atom. The molecule has 1 atom stereocenters. The maximum absolute atomic E-state index is 13.1. The van der Waals surface area contributed by atoms with Gasteiger partial charge in [0, 0.05) is 11.8 Å². The number of aliphatic hydroxyl groups excluding tert-OH is 1. The van der Waals surface area contributed by atoms with Crippen molar-refractivity contribution in [2.24, 2.45) is 0 Å². The SMILES string of the molecule is OC(c1cncc(F)c1)c1cc(Br)c2c(c1)OCO2. The topological polar surface area (TPSA) is 51.6 Å². The van der Waals surface area contributed by atoms with Crippen LogP contribution in [0.25, 0.3) is 0 Å². The van der Waals surface area contributed by atoms with Crippen molar-refractivity contribution in [3.05, 3.63) is 52.0 Å². The largest absolute Gasteiger partial charge is 0.454 e. The fraction of sp³-hybridized carbons (Fsp3) is 0.154. The van der Waals surface area contributed by atoms with Crippen molar-refractivity contribution in [3.63, 3.8) is 0 Å². The average molecular weight is 326 g/mol. The first-order valence-electron chi connectivity index (χ1n) is 5.52. The highest BCUT2D eigenvalue weighted by Crippen LogP contribution is 2.41. The summed E-state index contributed by atoms with van der Waals surface area (Å²) in [5, 5.41) is 10.2. The van der Waals surface area contributed by atoms with Crippen molar-refractivity contribution < 1.29 is 19.0 Å². The molecule has 2 heterocycles. The zero-order valence-corrected chi connectivity index (χ0v) is 11.2. The molecular weight excluding hydrogens is 317 g/mol. The molecule has 0 saturated heterocycles. The van der Waals surface area contributed by atoms with Gasteiger partial charge in [-0.25, -0.2) is 4.39 Å². The summed E-state index contributed by atoms with van der Waals surface area (Å²) in [4.78, 5) is 3.72. The highest BCUT2D eigenvalue weighted by Gasteiger charge is 2.21. The van der Waals surface area contributed by atoms with Gasteiger partial charge in [-0.05, 0) is 39.7 Å². The van der Waals surface area contributed by atoms with E-state index >= 15 is 0 Å². The molecule has 98 valence electrons. The minimum atomic E-state index is -0.978. The molecule has 2 aromatic rings. The zero-order chi connectivity index (χ0) is 13.4. The predicted molar refractivity (Wildman–Crippen MR) is 68.5 cm³/mol. The molecule has 1 aromatic carbocycles. The van der Waals surface area contributed by atoms with Gasteiger partial charge in [0.1, 0.15) is 11.9 Å². The van der Waals surface area contributed by atoms with E-state index in [-0.39, 0.29) is 6.79 Å². The molecule has 19 heavy (non-hydrogen) atoms. The van der Waals surface area contributed by atoms with Crippen LogP contribution in [-0.4, -0.2) is 16.9 Å². The number of nitrogens with zero attached hydrogens (tertiary/aromatic N) is 1. The van der Waals surface area contributed by atoms with E-state index in [4.69, 9.17) is 9.47 Å². The molecule has 0 spiro atoms. The molecule has 4 nitrogen and oxygen atoms in total. The second-order valence-corrected chi connectivity index (χ2v) is 4.93. The first-order valence-corrected chi connectivity index (χ1v) is 6.32. The van der Waals surface area contributed by atoms with Crippen molar-refractivity contribution in [1.29, 1.82) is 0 Å². The molecule has 1 unspecified atom stereocenters. The number of pyridine rings is 1. The predicted octanol–water partition coefficient (Wildman–Crippen LogP) is 2.79. The third-order valence-corrected chi connectivity index (χ3v) is 3.40. The van der Waals surface area contributed by atoms with Crippen LogP contribution in [0.2, 0.25) is 0 Å². The monoisotopic (exact) mass is 325 g/mol. The van der Waals surface area contributed by atoms with Crippen LogP contribution in [0.1, 0.15) is 17.2 Å². The van der Waals surface area contributed by atoms with Crippen LogP contribution >= 0.6 is 15.9 Å². The molecule has 0 aliphatic carbocycles. The summed E-state index contributed by atoms with van der Waals surface area (Å²) < 4.78 is 24.3.